The van der Waals surface area contributed by atoms with Gasteiger partial charge in [0.25, 0.3) is 11.8 Å². The second-order valence-corrected chi connectivity index (χ2v) is 11.2. The number of rotatable bonds is 6. The topological polar surface area (TPSA) is 227 Å². The van der Waals surface area contributed by atoms with Gasteiger partial charge in [0, 0.05) is 49.4 Å². The van der Waals surface area contributed by atoms with Crippen LogP contribution in [0.1, 0.15) is 33.7 Å². The smallest absolute Gasteiger partial charge is 0.290 e. The third kappa shape index (κ3) is 4.05. The van der Waals surface area contributed by atoms with Crippen LogP contribution in [0.5, 0.6) is 5.75 Å². The van der Waals surface area contributed by atoms with E-state index in [2.05, 4.69) is 10.5 Å². The Hall–Kier alpha value is -4.69. The standard InChI is InChI=1S/C28H32N6O8/c1-33(2)15-9-12(10-31-27(40)16-5-6-32-42-16)21(35)18-13(15)7-11-8-14-20(34(3)4)23(37)19(26(30)39)24(29)28(14,41)25(38)17(11)22(18)36/h5-6,9,11,14,20,29,35-37,41H,7-8,10H2,1-4H3,(H2,30,39)(H,31,40)/t11-,14-,20?,28+/m0/s1. The first kappa shape index (κ1) is 28.8. The number of nitrogens with zero attached hydrogens (tertiary/aromatic N) is 3. The number of amides is 2. The number of benzene rings is 1. The van der Waals surface area contributed by atoms with Crippen LogP contribution >= 0.6 is 0 Å². The lowest BCUT2D eigenvalue weighted by molar-refractivity contribution is -0.138. The van der Waals surface area contributed by atoms with Crippen molar-refractivity contribution in [3.8, 4) is 5.75 Å². The van der Waals surface area contributed by atoms with Crippen LogP contribution in [0.15, 0.2) is 39.8 Å². The molecule has 1 fully saturated rings. The largest absolute Gasteiger partial charge is 0.510 e. The molecule has 1 heterocycles. The molecule has 0 aliphatic heterocycles. The van der Waals surface area contributed by atoms with Crippen LogP contribution < -0.4 is 16.0 Å². The summed E-state index contributed by atoms with van der Waals surface area (Å²) in [4.78, 5) is 42.1. The van der Waals surface area contributed by atoms with Gasteiger partial charge in [-0.2, -0.15) is 0 Å². The summed E-state index contributed by atoms with van der Waals surface area (Å²) >= 11 is 0. The van der Waals surface area contributed by atoms with E-state index in [-0.39, 0.29) is 47.6 Å². The highest BCUT2D eigenvalue weighted by molar-refractivity contribution is 6.34. The molecule has 14 nitrogen and oxygen atoms in total. The molecule has 1 saturated carbocycles. The number of aliphatic hydroxyl groups excluding tert-OH is 2. The minimum absolute atomic E-state index is 0.0354. The highest BCUT2D eigenvalue weighted by Crippen LogP contribution is 2.53. The molecule has 1 unspecified atom stereocenters. The minimum Gasteiger partial charge on any atom is -0.510 e. The average Bonchev–Trinajstić information content (AvgIpc) is 3.45. The first-order valence-electron chi connectivity index (χ1n) is 13.1. The van der Waals surface area contributed by atoms with Gasteiger partial charge in [-0.3, -0.25) is 19.3 Å². The van der Waals surface area contributed by atoms with Crippen molar-refractivity contribution in [3.05, 3.63) is 57.7 Å². The number of nitrogens with two attached hydrogens (primary N) is 1. The SMILES string of the molecule is CN(C)c1cc(CNC(=O)c2ccno2)c(O)c2c1C[C@H]1C[C@H]3C(N(C)C)C(O)=C(C(N)=O)C(=N)[C@@]3(O)C(=O)C1=C2O. The fourth-order valence-electron chi connectivity index (χ4n) is 6.53. The molecule has 3 aliphatic rings. The van der Waals surface area contributed by atoms with Crippen molar-refractivity contribution in [1.29, 1.82) is 5.41 Å². The molecule has 0 bridgehead atoms. The van der Waals surface area contributed by atoms with E-state index in [4.69, 9.17) is 15.7 Å². The molecule has 5 rings (SSSR count). The number of aromatic nitrogens is 1. The Morgan fingerprint density at radius 2 is 1.93 bits per heavy atom. The van der Waals surface area contributed by atoms with Gasteiger partial charge in [0.05, 0.1) is 23.5 Å². The van der Waals surface area contributed by atoms with E-state index in [1.807, 2.05) is 0 Å². The molecular weight excluding hydrogens is 548 g/mol. The highest BCUT2D eigenvalue weighted by atomic mass is 16.5. The van der Waals surface area contributed by atoms with Gasteiger partial charge >= 0.3 is 0 Å². The van der Waals surface area contributed by atoms with Crippen molar-refractivity contribution in [2.75, 3.05) is 33.1 Å². The van der Waals surface area contributed by atoms with Crippen molar-refractivity contribution in [2.45, 2.75) is 31.0 Å². The van der Waals surface area contributed by atoms with E-state index in [0.29, 0.717) is 11.3 Å². The molecule has 2 amide bonds. The Kier molecular flexibility index (Phi) is 6.86. The number of carbonyl (C=O) groups excluding carboxylic acids is 3. The maximum absolute atomic E-state index is 14.1. The number of primary amides is 1. The fourth-order valence-corrected chi connectivity index (χ4v) is 6.53. The number of ketones is 1. The summed E-state index contributed by atoms with van der Waals surface area (Å²) in [6.45, 7) is -0.160. The van der Waals surface area contributed by atoms with Gasteiger partial charge in [-0.05, 0) is 44.5 Å². The van der Waals surface area contributed by atoms with Gasteiger partial charge in [-0.25, -0.2) is 0 Å². The van der Waals surface area contributed by atoms with E-state index in [1.54, 1.807) is 39.2 Å². The molecule has 14 heteroatoms. The molecule has 0 spiro atoms. The molecule has 0 saturated heterocycles. The van der Waals surface area contributed by atoms with Crippen molar-refractivity contribution >= 4 is 34.8 Å². The quantitative estimate of drug-likeness (QED) is 0.247. The number of aliphatic hydroxyl groups is 3. The molecule has 222 valence electrons. The third-order valence-corrected chi connectivity index (χ3v) is 8.41. The lowest BCUT2D eigenvalue weighted by Gasteiger charge is -2.51. The van der Waals surface area contributed by atoms with Crippen LogP contribution in [0, 0.1) is 17.2 Å². The van der Waals surface area contributed by atoms with Gasteiger partial charge in [0.15, 0.2) is 5.60 Å². The van der Waals surface area contributed by atoms with E-state index in [9.17, 15) is 34.8 Å². The summed E-state index contributed by atoms with van der Waals surface area (Å²) in [5, 5.41) is 60.4. The molecule has 3 aliphatic carbocycles. The Bertz CT molecular complexity index is 1590. The lowest BCUT2D eigenvalue weighted by atomic mass is 9.56. The third-order valence-electron chi connectivity index (χ3n) is 8.41. The van der Waals surface area contributed by atoms with Crippen molar-refractivity contribution in [1.82, 2.24) is 15.4 Å². The number of anilines is 1. The van der Waals surface area contributed by atoms with Crippen LogP contribution in [0.25, 0.3) is 5.76 Å². The van der Waals surface area contributed by atoms with Crippen molar-refractivity contribution in [2.24, 2.45) is 17.6 Å². The normalized spacial score (nSPS) is 25.2. The summed E-state index contributed by atoms with van der Waals surface area (Å²) in [5.74, 6) is -5.95. The van der Waals surface area contributed by atoms with Gasteiger partial charge in [0.1, 0.15) is 22.8 Å². The van der Waals surface area contributed by atoms with Crippen molar-refractivity contribution in [3.63, 3.8) is 0 Å². The summed E-state index contributed by atoms with van der Waals surface area (Å²) in [5.41, 5.74) is 2.53. The Morgan fingerprint density at radius 1 is 1.24 bits per heavy atom. The van der Waals surface area contributed by atoms with Crippen LogP contribution in [0.3, 0.4) is 0 Å². The Labute approximate surface area is 240 Å². The predicted octanol–water partition coefficient (Wildman–Crippen LogP) is 0.399. The zero-order valence-corrected chi connectivity index (χ0v) is 23.4. The Morgan fingerprint density at radius 3 is 2.50 bits per heavy atom. The number of phenols is 1. The predicted molar refractivity (Wildman–Crippen MR) is 149 cm³/mol. The van der Waals surface area contributed by atoms with E-state index >= 15 is 0 Å². The zero-order valence-electron chi connectivity index (χ0n) is 23.4. The Balaban J connectivity index is 1.64. The monoisotopic (exact) mass is 580 g/mol. The van der Waals surface area contributed by atoms with Crippen LogP contribution in [-0.2, 0) is 22.6 Å². The summed E-state index contributed by atoms with van der Waals surface area (Å²) in [6, 6.07) is 2.03. The average molecular weight is 581 g/mol. The number of likely N-dealkylation sites (N-methyl/N-ethyl adjacent to an activating group) is 1. The summed E-state index contributed by atoms with van der Waals surface area (Å²) in [6.07, 6.45) is 1.55. The van der Waals surface area contributed by atoms with Crippen LogP contribution in [0.2, 0.25) is 0 Å². The summed E-state index contributed by atoms with van der Waals surface area (Å²) in [7, 11) is 6.74. The molecule has 2 aromatic rings. The lowest BCUT2D eigenvalue weighted by Crippen LogP contribution is -2.67. The van der Waals surface area contributed by atoms with E-state index in [0.717, 1.165) is 0 Å². The number of nitrogens with one attached hydrogen (secondary N) is 2. The maximum Gasteiger partial charge on any atom is 0.290 e. The first-order valence-corrected chi connectivity index (χ1v) is 13.1. The zero-order chi connectivity index (χ0) is 30.8. The van der Waals surface area contributed by atoms with Gasteiger partial charge < -0.3 is 46.3 Å². The second-order valence-electron chi connectivity index (χ2n) is 11.2. The molecule has 4 atom stereocenters. The number of phenolic OH excluding ortho intramolecular Hbond substituents is 1. The molecular formula is C28H32N6O8. The maximum atomic E-state index is 14.1. The molecule has 8 N–H and O–H groups in total. The first-order chi connectivity index (χ1) is 19.7. The minimum atomic E-state index is -2.58. The van der Waals surface area contributed by atoms with Crippen molar-refractivity contribution < 1.29 is 39.3 Å². The molecule has 1 aromatic heterocycles. The van der Waals surface area contributed by atoms with E-state index < -0.39 is 63.9 Å². The van der Waals surface area contributed by atoms with Gasteiger partial charge in [-0.1, -0.05) is 5.16 Å². The number of hydrogen-bond donors (Lipinski definition) is 7. The highest BCUT2D eigenvalue weighted by Gasteiger charge is 2.63. The number of hydrogen-bond acceptors (Lipinski definition) is 12. The number of carbonyl (C=O) groups is 3. The van der Waals surface area contributed by atoms with Crippen LogP contribution in [-0.4, -0.2) is 93.6 Å². The fraction of sp³-hybridized carbons (Fsp3) is 0.393. The number of Topliss-reactive ketones (excluding diaryl/α,β-unsaturated/α-hetero) is 1. The second kappa shape index (κ2) is 9.99. The van der Waals surface area contributed by atoms with Crippen LogP contribution in [0.4, 0.5) is 5.69 Å². The molecule has 0 radical (unpaired) electrons. The molecule has 42 heavy (non-hydrogen) atoms. The number of aromatic hydroxyl groups is 1. The van der Waals surface area contributed by atoms with Gasteiger partial charge in [-0.15, -0.1) is 0 Å². The van der Waals surface area contributed by atoms with Gasteiger partial charge in [0.2, 0.25) is 11.5 Å². The molecule has 1 aromatic carbocycles. The summed E-state index contributed by atoms with van der Waals surface area (Å²) < 4.78 is 4.86. The number of fused-ring (bicyclic) bond motifs is 3. The van der Waals surface area contributed by atoms with E-state index in [1.165, 1.54) is 17.2 Å².